The number of halogens is 2. The van der Waals surface area contributed by atoms with Gasteiger partial charge in [-0.1, -0.05) is 0 Å². The molecule has 1 N–H and O–H groups in total. The summed E-state index contributed by atoms with van der Waals surface area (Å²) in [6.07, 6.45) is -1.79. The maximum absolute atomic E-state index is 12.1. The van der Waals surface area contributed by atoms with Crippen LogP contribution in [0.25, 0.3) is 0 Å². The van der Waals surface area contributed by atoms with Crippen LogP contribution in [0.4, 0.5) is 8.78 Å². The van der Waals surface area contributed by atoms with E-state index in [-0.39, 0.29) is 5.88 Å². The van der Waals surface area contributed by atoms with Crippen LogP contribution in [-0.4, -0.2) is 17.2 Å². The second kappa shape index (κ2) is 3.34. The number of aromatic hydroxyl groups is 1. The molecule has 0 radical (unpaired) electrons. The second-order valence-electron chi connectivity index (χ2n) is 2.09. The maximum atomic E-state index is 12.1. The van der Waals surface area contributed by atoms with Crippen molar-refractivity contribution in [1.82, 2.24) is 4.98 Å². The molecule has 1 rings (SSSR count). The first kappa shape index (κ1) is 8.70. The Morgan fingerprint density at radius 3 is 2.75 bits per heavy atom. The summed E-state index contributed by atoms with van der Waals surface area (Å²) in [6.45, 7) is 0. The van der Waals surface area contributed by atoms with Crippen LogP contribution in [0.15, 0.2) is 12.3 Å². The lowest BCUT2D eigenvalue weighted by molar-refractivity contribution is 0.146. The Kier molecular flexibility index (Phi) is 2.42. The lowest BCUT2D eigenvalue weighted by Crippen LogP contribution is -1.91. The fourth-order valence-electron chi connectivity index (χ4n) is 0.730. The van der Waals surface area contributed by atoms with Crippen LogP contribution >= 0.6 is 0 Å². The summed E-state index contributed by atoms with van der Waals surface area (Å²) in [5.74, 6) is -0.464. The molecule has 5 heteroatoms. The van der Waals surface area contributed by atoms with E-state index < -0.39 is 17.7 Å². The summed E-state index contributed by atoms with van der Waals surface area (Å²) >= 11 is 0. The van der Waals surface area contributed by atoms with Gasteiger partial charge in [0.15, 0.2) is 0 Å². The summed E-state index contributed by atoms with van der Waals surface area (Å²) in [6, 6.07) is 1.00. The van der Waals surface area contributed by atoms with Crippen LogP contribution in [0.5, 0.6) is 11.6 Å². The number of methoxy groups -OCH3 is 1. The van der Waals surface area contributed by atoms with Gasteiger partial charge in [0, 0.05) is 6.07 Å². The van der Waals surface area contributed by atoms with Gasteiger partial charge in [0.05, 0.1) is 18.9 Å². The van der Waals surface area contributed by atoms with Crippen LogP contribution in [0.2, 0.25) is 0 Å². The lowest BCUT2D eigenvalue weighted by atomic mass is 10.2. The third-order valence-corrected chi connectivity index (χ3v) is 1.33. The van der Waals surface area contributed by atoms with Crippen LogP contribution in [0, 0.1) is 0 Å². The van der Waals surface area contributed by atoms with Crippen molar-refractivity contribution in [3.63, 3.8) is 0 Å². The summed E-state index contributed by atoms with van der Waals surface area (Å²) in [5, 5.41) is 8.90. The van der Waals surface area contributed by atoms with Crippen molar-refractivity contribution in [3.05, 3.63) is 17.8 Å². The number of hydrogen-bond donors (Lipinski definition) is 1. The van der Waals surface area contributed by atoms with E-state index in [2.05, 4.69) is 9.72 Å². The Balaban J connectivity index is 3.08. The molecule has 12 heavy (non-hydrogen) atoms. The Morgan fingerprint density at radius 2 is 2.25 bits per heavy atom. The SMILES string of the molecule is COc1cc(C(F)F)c(O)cn1. The molecule has 0 aromatic carbocycles. The van der Waals surface area contributed by atoms with Crippen molar-refractivity contribution in [2.45, 2.75) is 6.43 Å². The van der Waals surface area contributed by atoms with Gasteiger partial charge in [0.1, 0.15) is 5.75 Å². The third kappa shape index (κ3) is 1.61. The van der Waals surface area contributed by atoms with Crippen LogP contribution < -0.4 is 4.74 Å². The van der Waals surface area contributed by atoms with Crippen LogP contribution in [0.3, 0.4) is 0 Å². The number of pyridine rings is 1. The zero-order valence-corrected chi connectivity index (χ0v) is 6.29. The van der Waals surface area contributed by atoms with Crippen molar-refractivity contribution in [1.29, 1.82) is 0 Å². The predicted molar refractivity (Wildman–Crippen MR) is 37.4 cm³/mol. The number of nitrogens with zero attached hydrogens (tertiary/aromatic N) is 1. The molecule has 0 saturated carbocycles. The lowest BCUT2D eigenvalue weighted by Gasteiger charge is -2.04. The van der Waals surface area contributed by atoms with Gasteiger partial charge >= 0.3 is 0 Å². The van der Waals surface area contributed by atoms with Gasteiger partial charge < -0.3 is 9.84 Å². The Bertz CT molecular complexity index is 278. The fourth-order valence-corrected chi connectivity index (χ4v) is 0.730. The summed E-state index contributed by atoms with van der Waals surface area (Å²) in [4.78, 5) is 3.53. The monoisotopic (exact) mass is 175 g/mol. The van der Waals surface area contributed by atoms with Gasteiger partial charge in [-0.2, -0.15) is 0 Å². The number of ether oxygens (including phenoxy) is 1. The summed E-state index contributed by atoms with van der Waals surface area (Å²) < 4.78 is 28.8. The molecule has 0 aliphatic rings. The van der Waals surface area contributed by atoms with Gasteiger partial charge in [-0.15, -0.1) is 0 Å². The van der Waals surface area contributed by atoms with E-state index in [1.54, 1.807) is 0 Å². The van der Waals surface area contributed by atoms with Crippen LogP contribution in [-0.2, 0) is 0 Å². The minimum absolute atomic E-state index is 0.0584. The van der Waals surface area contributed by atoms with E-state index in [1.807, 2.05) is 0 Å². The van der Waals surface area contributed by atoms with Crippen molar-refractivity contribution in [2.75, 3.05) is 7.11 Å². The quantitative estimate of drug-likeness (QED) is 0.744. The molecule has 0 bridgehead atoms. The van der Waals surface area contributed by atoms with E-state index in [0.29, 0.717) is 0 Å². The largest absolute Gasteiger partial charge is 0.506 e. The zero-order valence-electron chi connectivity index (χ0n) is 6.29. The van der Waals surface area contributed by atoms with Gasteiger partial charge in [-0.25, -0.2) is 13.8 Å². The molecular formula is C7H7F2NO2. The molecule has 0 unspecified atom stereocenters. The predicted octanol–water partition coefficient (Wildman–Crippen LogP) is 1.73. The molecule has 1 aromatic rings. The minimum atomic E-state index is -2.72. The average molecular weight is 175 g/mol. The molecule has 0 atom stereocenters. The molecular weight excluding hydrogens is 168 g/mol. The fraction of sp³-hybridized carbons (Fsp3) is 0.286. The van der Waals surface area contributed by atoms with Gasteiger partial charge in [0.2, 0.25) is 5.88 Å². The summed E-state index contributed by atoms with van der Waals surface area (Å²) in [7, 11) is 1.31. The van der Waals surface area contributed by atoms with E-state index in [0.717, 1.165) is 12.3 Å². The number of alkyl halides is 2. The highest BCUT2D eigenvalue weighted by molar-refractivity contribution is 5.34. The average Bonchev–Trinajstić information content (AvgIpc) is 2.05. The topological polar surface area (TPSA) is 42.4 Å². The van der Waals surface area contributed by atoms with Crippen molar-refractivity contribution in [3.8, 4) is 11.6 Å². The molecule has 3 nitrogen and oxygen atoms in total. The van der Waals surface area contributed by atoms with Gasteiger partial charge in [0.25, 0.3) is 6.43 Å². The van der Waals surface area contributed by atoms with E-state index in [4.69, 9.17) is 5.11 Å². The van der Waals surface area contributed by atoms with Gasteiger partial charge in [-0.3, -0.25) is 0 Å². The number of aromatic nitrogens is 1. The normalized spacial score (nSPS) is 10.3. The Hall–Kier alpha value is -1.39. The van der Waals surface area contributed by atoms with E-state index in [1.165, 1.54) is 7.11 Å². The van der Waals surface area contributed by atoms with E-state index >= 15 is 0 Å². The molecule has 1 aromatic heterocycles. The van der Waals surface area contributed by atoms with Crippen LogP contribution in [0.1, 0.15) is 12.0 Å². The molecule has 0 spiro atoms. The number of hydrogen-bond acceptors (Lipinski definition) is 3. The molecule has 66 valence electrons. The van der Waals surface area contributed by atoms with Gasteiger partial charge in [-0.05, 0) is 0 Å². The standard InChI is InChI=1S/C7H7F2NO2/c1-12-6-2-4(7(8)9)5(11)3-10-6/h2-3,7,11H,1H3. The zero-order chi connectivity index (χ0) is 9.14. The maximum Gasteiger partial charge on any atom is 0.267 e. The second-order valence-corrected chi connectivity index (χ2v) is 2.09. The molecule has 1 heterocycles. The van der Waals surface area contributed by atoms with Crippen molar-refractivity contribution in [2.24, 2.45) is 0 Å². The Labute approximate surface area is 67.6 Å². The molecule has 0 aliphatic heterocycles. The smallest absolute Gasteiger partial charge is 0.267 e. The summed E-state index contributed by atoms with van der Waals surface area (Å²) in [5.41, 5.74) is -0.471. The third-order valence-electron chi connectivity index (χ3n) is 1.33. The first-order valence-corrected chi connectivity index (χ1v) is 3.16. The number of rotatable bonds is 2. The van der Waals surface area contributed by atoms with Crippen molar-refractivity contribution < 1.29 is 18.6 Å². The van der Waals surface area contributed by atoms with E-state index in [9.17, 15) is 8.78 Å². The highest BCUT2D eigenvalue weighted by Crippen LogP contribution is 2.29. The molecule has 0 saturated heterocycles. The highest BCUT2D eigenvalue weighted by atomic mass is 19.3. The molecule has 0 fully saturated rings. The minimum Gasteiger partial charge on any atom is -0.506 e. The Morgan fingerprint density at radius 1 is 1.58 bits per heavy atom. The molecule has 0 amide bonds. The highest BCUT2D eigenvalue weighted by Gasteiger charge is 2.13. The van der Waals surface area contributed by atoms with Crippen molar-refractivity contribution >= 4 is 0 Å². The first-order chi connectivity index (χ1) is 5.65. The first-order valence-electron chi connectivity index (χ1n) is 3.16. The molecule has 0 aliphatic carbocycles.